The number of aryl methyl sites for hydroxylation is 2. The van der Waals surface area contributed by atoms with E-state index >= 15 is 0 Å². The van der Waals surface area contributed by atoms with Gasteiger partial charge in [-0.25, -0.2) is 4.79 Å². The standard InChI is InChI=1S/C30H39N3O5/c1-8-10-18-31-27(35)26(25-20(3)12-11-13-21(25)4)33(9-2)28(36)24(32-29(37)38-30(5,6)7)19-22-14-16-23(34)17-15-22/h2,11-17,24,26,34H,8,10,18-19H2,1,3-7H3,(H,31,35)(H,32,37). The van der Waals surface area contributed by atoms with Crippen molar-refractivity contribution in [2.45, 2.75) is 78.5 Å². The van der Waals surface area contributed by atoms with Gasteiger partial charge in [-0.05, 0) is 75.4 Å². The Hall–Kier alpha value is -3.99. The van der Waals surface area contributed by atoms with E-state index < -0.39 is 35.6 Å². The smallest absolute Gasteiger partial charge is 0.408 e. The van der Waals surface area contributed by atoms with Crippen molar-refractivity contribution < 1.29 is 24.2 Å². The second-order valence-electron chi connectivity index (χ2n) is 10.3. The molecule has 0 aliphatic carbocycles. The number of nitrogens with zero attached hydrogens (tertiary/aromatic N) is 1. The molecule has 0 aliphatic rings. The molecule has 0 fully saturated rings. The number of aromatic hydroxyl groups is 1. The quantitative estimate of drug-likeness (QED) is 0.242. The average molecular weight is 522 g/mol. The van der Waals surface area contributed by atoms with Gasteiger partial charge in [0.2, 0.25) is 5.91 Å². The summed E-state index contributed by atoms with van der Waals surface area (Å²) in [5.41, 5.74) is 2.13. The van der Waals surface area contributed by atoms with Gasteiger partial charge in [0.1, 0.15) is 23.4 Å². The number of terminal acetylenes is 1. The molecular weight excluding hydrogens is 482 g/mol. The molecule has 0 aliphatic heterocycles. The van der Waals surface area contributed by atoms with E-state index in [2.05, 4.69) is 16.7 Å². The lowest BCUT2D eigenvalue weighted by molar-refractivity contribution is -0.138. The molecule has 8 heteroatoms. The third kappa shape index (κ3) is 8.55. The Labute approximate surface area is 225 Å². The van der Waals surface area contributed by atoms with Gasteiger partial charge in [-0.3, -0.25) is 14.5 Å². The second kappa shape index (κ2) is 13.5. The first kappa shape index (κ1) is 30.2. The zero-order chi connectivity index (χ0) is 28.5. The highest BCUT2D eigenvalue weighted by atomic mass is 16.6. The summed E-state index contributed by atoms with van der Waals surface area (Å²) in [6.07, 6.45) is 6.83. The maximum absolute atomic E-state index is 14.0. The molecule has 0 radical (unpaired) electrons. The van der Waals surface area contributed by atoms with Gasteiger partial charge in [0.15, 0.2) is 0 Å². The number of amides is 3. The van der Waals surface area contributed by atoms with Crippen LogP contribution in [0.4, 0.5) is 4.79 Å². The summed E-state index contributed by atoms with van der Waals surface area (Å²) in [5, 5.41) is 15.2. The van der Waals surface area contributed by atoms with E-state index in [9.17, 15) is 19.5 Å². The molecule has 2 rings (SSSR count). The number of phenols is 1. The number of hydrogen-bond acceptors (Lipinski definition) is 5. The van der Waals surface area contributed by atoms with Crippen LogP contribution in [0, 0.1) is 26.3 Å². The molecule has 0 heterocycles. The summed E-state index contributed by atoms with van der Waals surface area (Å²) < 4.78 is 5.39. The zero-order valence-electron chi connectivity index (χ0n) is 23.1. The summed E-state index contributed by atoms with van der Waals surface area (Å²) in [4.78, 5) is 41.3. The normalized spacial score (nSPS) is 12.6. The number of rotatable bonds is 10. The van der Waals surface area contributed by atoms with Gasteiger partial charge < -0.3 is 20.5 Å². The zero-order valence-corrected chi connectivity index (χ0v) is 23.1. The Morgan fingerprint density at radius 2 is 1.68 bits per heavy atom. The topological polar surface area (TPSA) is 108 Å². The van der Waals surface area contributed by atoms with E-state index in [1.807, 2.05) is 39.0 Å². The second-order valence-corrected chi connectivity index (χ2v) is 10.3. The molecule has 3 amide bonds. The van der Waals surface area contributed by atoms with E-state index in [1.54, 1.807) is 32.9 Å². The number of hydrogen-bond donors (Lipinski definition) is 3. The van der Waals surface area contributed by atoms with Gasteiger partial charge in [0.05, 0.1) is 0 Å². The number of carbonyl (C=O) groups is 3. The van der Waals surface area contributed by atoms with Crippen LogP contribution in [-0.2, 0) is 20.7 Å². The van der Waals surface area contributed by atoms with Crippen molar-refractivity contribution in [3.8, 4) is 18.2 Å². The molecule has 0 spiro atoms. The predicted octanol–water partition coefficient (Wildman–Crippen LogP) is 4.52. The fraction of sp³-hybridized carbons (Fsp3) is 0.433. The van der Waals surface area contributed by atoms with Crippen LogP contribution < -0.4 is 10.6 Å². The molecule has 0 aromatic heterocycles. The highest BCUT2D eigenvalue weighted by Crippen LogP contribution is 2.28. The number of nitrogens with one attached hydrogen (secondary N) is 2. The molecule has 0 saturated heterocycles. The molecule has 38 heavy (non-hydrogen) atoms. The van der Waals surface area contributed by atoms with Crippen LogP contribution in [-0.4, -0.2) is 46.1 Å². The van der Waals surface area contributed by atoms with Crippen molar-refractivity contribution in [1.82, 2.24) is 15.5 Å². The van der Waals surface area contributed by atoms with Crippen LogP contribution in [0.3, 0.4) is 0 Å². The van der Waals surface area contributed by atoms with Crippen molar-refractivity contribution in [3.05, 3.63) is 64.7 Å². The number of phenolic OH excluding ortho intramolecular Hbond substituents is 1. The minimum Gasteiger partial charge on any atom is -0.508 e. The van der Waals surface area contributed by atoms with Crippen molar-refractivity contribution in [2.24, 2.45) is 0 Å². The Morgan fingerprint density at radius 3 is 2.21 bits per heavy atom. The molecule has 2 atom stereocenters. The first-order valence-corrected chi connectivity index (χ1v) is 12.8. The largest absolute Gasteiger partial charge is 0.508 e. The third-order valence-electron chi connectivity index (χ3n) is 5.89. The van der Waals surface area contributed by atoms with Crippen LogP contribution in [0.1, 0.15) is 68.8 Å². The van der Waals surface area contributed by atoms with Crippen LogP contribution in [0.5, 0.6) is 5.75 Å². The molecule has 2 aromatic rings. The number of carbonyl (C=O) groups excluding carboxylic acids is 3. The van der Waals surface area contributed by atoms with Crippen molar-refractivity contribution in [2.75, 3.05) is 6.54 Å². The highest BCUT2D eigenvalue weighted by molar-refractivity contribution is 5.93. The van der Waals surface area contributed by atoms with Crippen LogP contribution >= 0.6 is 0 Å². The average Bonchev–Trinajstić information content (AvgIpc) is 2.83. The lowest BCUT2D eigenvalue weighted by Crippen LogP contribution is -2.52. The lowest BCUT2D eigenvalue weighted by atomic mass is 9.93. The molecular formula is C30H39N3O5. The van der Waals surface area contributed by atoms with Crippen molar-refractivity contribution >= 4 is 17.9 Å². The fourth-order valence-electron chi connectivity index (χ4n) is 4.07. The fourth-order valence-corrected chi connectivity index (χ4v) is 4.07. The number of ether oxygens (including phenoxy) is 1. The first-order chi connectivity index (χ1) is 17.9. The van der Waals surface area contributed by atoms with E-state index in [-0.39, 0.29) is 12.2 Å². The molecule has 8 nitrogen and oxygen atoms in total. The van der Waals surface area contributed by atoms with E-state index in [0.29, 0.717) is 17.7 Å². The van der Waals surface area contributed by atoms with Gasteiger partial charge in [-0.2, -0.15) is 0 Å². The maximum atomic E-state index is 14.0. The van der Waals surface area contributed by atoms with Gasteiger partial charge in [-0.15, -0.1) is 0 Å². The van der Waals surface area contributed by atoms with E-state index in [4.69, 9.17) is 11.2 Å². The molecule has 2 aromatic carbocycles. The van der Waals surface area contributed by atoms with Crippen LogP contribution in [0.25, 0.3) is 0 Å². The van der Waals surface area contributed by atoms with Gasteiger partial charge in [0, 0.05) is 19.0 Å². The number of benzene rings is 2. The van der Waals surface area contributed by atoms with Gasteiger partial charge >= 0.3 is 6.09 Å². The summed E-state index contributed by atoms with van der Waals surface area (Å²) in [5.74, 6) is -0.964. The molecule has 3 N–H and O–H groups in total. The molecule has 0 saturated carbocycles. The van der Waals surface area contributed by atoms with E-state index in [0.717, 1.165) is 28.9 Å². The Kier molecular flexibility index (Phi) is 10.8. The first-order valence-electron chi connectivity index (χ1n) is 12.8. The summed E-state index contributed by atoms with van der Waals surface area (Å²) in [6.45, 7) is 11.3. The SMILES string of the molecule is C#CN(C(=O)C(Cc1ccc(O)cc1)NC(=O)OC(C)(C)C)C(C(=O)NCCCC)c1c(C)cccc1C. The van der Waals surface area contributed by atoms with Gasteiger partial charge in [0.25, 0.3) is 5.91 Å². The summed E-state index contributed by atoms with van der Waals surface area (Å²) >= 11 is 0. The highest BCUT2D eigenvalue weighted by Gasteiger charge is 2.37. The minimum absolute atomic E-state index is 0.0630. The van der Waals surface area contributed by atoms with E-state index in [1.165, 1.54) is 12.1 Å². The Balaban J connectivity index is 2.52. The molecule has 0 bridgehead atoms. The van der Waals surface area contributed by atoms with Crippen molar-refractivity contribution in [3.63, 3.8) is 0 Å². The summed E-state index contributed by atoms with van der Waals surface area (Å²) in [6, 6.07) is 12.0. The number of alkyl carbamates (subject to hydrolysis) is 1. The summed E-state index contributed by atoms with van der Waals surface area (Å²) in [7, 11) is 0. The third-order valence-corrected chi connectivity index (χ3v) is 5.89. The Morgan fingerprint density at radius 1 is 1.08 bits per heavy atom. The Bertz CT molecular complexity index is 1140. The lowest BCUT2D eigenvalue weighted by Gasteiger charge is -2.32. The molecule has 2 unspecified atom stereocenters. The monoisotopic (exact) mass is 521 g/mol. The van der Waals surface area contributed by atoms with Crippen molar-refractivity contribution in [1.29, 1.82) is 0 Å². The minimum atomic E-state index is -1.14. The number of unbranched alkanes of at least 4 members (excludes halogenated alkanes) is 1. The van der Waals surface area contributed by atoms with Crippen LogP contribution in [0.15, 0.2) is 42.5 Å². The predicted molar refractivity (Wildman–Crippen MR) is 147 cm³/mol. The van der Waals surface area contributed by atoms with Gasteiger partial charge in [-0.1, -0.05) is 50.1 Å². The maximum Gasteiger partial charge on any atom is 0.408 e. The van der Waals surface area contributed by atoms with Crippen LogP contribution in [0.2, 0.25) is 0 Å². The molecule has 204 valence electrons.